The van der Waals surface area contributed by atoms with Crippen LogP contribution in [0.15, 0.2) is 30.7 Å². The predicted octanol–water partition coefficient (Wildman–Crippen LogP) is 4.55. The smallest absolute Gasteiger partial charge is 0.405 e. The fourth-order valence-corrected chi connectivity index (χ4v) is 3.64. The quantitative estimate of drug-likeness (QED) is 0.544. The Morgan fingerprint density at radius 2 is 1.88 bits per heavy atom. The minimum Gasteiger partial charge on any atom is -0.405 e. The molecule has 1 N–H and O–H groups in total. The average molecular weight is 461 g/mol. The fourth-order valence-electron chi connectivity index (χ4n) is 3.64. The van der Waals surface area contributed by atoms with E-state index in [2.05, 4.69) is 25.2 Å². The second kappa shape index (κ2) is 8.11. The van der Waals surface area contributed by atoms with Crippen LogP contribution in [-0.4, -0.2) is 45.7 Å². The van der Waals surface area contributed by atoms with Gasteiger partial charge in [-0.1, -0.05) is 0 Å². The summed E-state index contributed by atoms with van der Waals surface area (Å²) < 4.78 is 88.2. The van der Waals surface area contributed by atoms with Crippen molar-refractivity contribution in [2.75, 3.05) is 19.0 Å². The second-order valence-corrected chi connectivity index (χ2v) is 7.41. The van der Waals surface area contributed by atoms with Gasteiger partial charge in [-0.05, 0) is 37.0 Å². The van der Waals surface area contributed by atoms with Gasteiger partial charge in [0.1, 0.15) is 17.8 Å². The Morgan fingerprint density at radius 1 is 1.12 bits per heavy atom. The average Bonchev–Trinajstić information content (AvgIpc) is 3.15. The molecule has 2 heterocycles. The number of benzene rings is 1. The van der Waals surface area contributed by atoms with E-state index in [1.54, 1.807) is 7.11 Å². The molecule has 7 nitrogen and oxygen atoms in total. The third kappa shape index (κ3) is 4.56. The van der Waals surface area contributed by atoms with Crippen molar-refractivity contribution in [3.8, 4) is 17.0 Å². The highest BCUT2D eigenvalue weighted by molar-refractivity contribution is 5.81. The highest BCUT2D eigenvalue weighted by atomic mass is 19.4. The molecule has 32 heavy (non-hydrogen) atoms. The third-order valence-electron chi connectivity index (χ3n) is 5.12. The topological polar surface area (TPSA) is 73.6 Å². The van der Waals surface area contributed by atoms with Crippen LogP contribution in [0.3, 0.4) is 0 Å². The largest absolute Gasteiger partial charge is 0.573 e. The van der Waals surface area contributed by atoms with E-state index in [-0.39, 0.29) is 28.9 Å². The lowest BCUT2D eigenvalue weighted by molar-refractivity contribution is -0.274. The van der Waals surface area contributed by atoms with E-state index in [1.165, 1.54) is 16.9 Å². The number of methoxy groups -OCH3 is 1. The van der Waals surface area contributed by atoms with Crippen LogP contribution >= 0.6 is 0 Å². The van der Waals surface area contributed by atoms with Crippen molar-refractivity contribution >= 4 is 11.5 Å². The van der Waals surface area contributed by atoms with Gasteiger partial charge < -0.3 is 14.8 Å². The number of nitrogens with one attached hydrogen (secondary N) is 1. The first-order chi connectivity index (χ1) is 15.0. The molecule has 0 amide bonds. The second-order valence-electron chi connectivity index (χ2n) is 7.41. The van der Waals surface area contributed by atoms with Crippen LogP contribution in [0.25, 0.3) is 16.8 Å². The summed E-state index contributed by atoms with van der Waals surface area (Å²) in [5, 5.41) is 11.2. The molecule has 0 atom stereocenters. The van der Waals surface area contributed by atoms with Crippen LogP contribution in [0, 0.1) is 5.92 Å². The van der Waals surface area contributed by atoms with Crippen LogP contribution < -0.4 is 10.1 Å². The summed E-state index contributed by atoms with van der Waals surface area (Å²) in [7, 11) is 1.62. The number of ether oxygens (including phenoxy) is 2. The van der Waals surface area contributed by atoms with Gasteiger partial charge in [0, 0.05) is 25.3 Å². The van der Waals surface area contributed by atoms with E-state index in [0.29, 0.717) is 24.5 Å². The molecular formula is C19H17F6N5O2. The molecule has 0 spiro atoms. The molecule has 1 aromatic carbocycles. The molecule has 172 valence electrons. The first-order valence-corrected chi connectivity index (χ1v) is 9.46. The number of alkyl halides is 6. The first kappa shape index (κ1) is 22.1. The van der Waals surface area contributed by atoms with Crippen LogP contribution in [0.1, 0.15) is 18.4 Å². The Morgan fingerprint density at radius 3 is 2.53 bits per heavy atom. The van der Waals surface area contributed by atoms with Crippen molar-refractivity contribution in [2.45, 2.75) is 31.4 Å². The van der Waals surface area contributed by atoms with Crippen molar-refractivity contribution in [3.63, 3.8) is 0 Å². The molecule has 0 saturated heterocycles. The van der Waals surface area contributed by atoms with Crippen molar-refractivity contribution in [2.24, 2.45) is 5.92 Å². The van der Waals surface area contributed by atoms with Crippen molar-refractivity contribution in [1.29, 1.82) is 0 Å². The summed E-state index contributed by atoms with van der Waals surface area (Å²) in [6, 6.07) is 1.92. The van der Waals surface area contributed by atoms with Crippen molar-refractivity contribution in [3.05, 3.63) is 36.3 Å². The number of halogens is 6. The Labute approximate surface area is 177 Å². The summed E-state index contributed by atoms with van der Waals surface area (Å²) in [4.78, 5) is 3.98. The maximum atomic E-state index is 13.0. The van der Waals surface area contributed by atoms with Gasteiger partial charge in [-0.3, -0.25) is 4.40 Å². The van der Waals surface area contributed by atoms with Gasteiger partial charge in [0.05, 0.1) is 17.3 Å². The predicted molar refractivity (Wildman–Crippen MR) is 99.9 cm³/mol. The molecule has 4 rings (SSSR count). The molecule has 0 bridgehead atoms. The summed E-state index contributed by atoms with van der Waals surface area (Å²) in [6.45, 7) is 0.638. The Hall–Kier alpha value is -3.09. The maximum absolute atomic E-state index is 13.0. The number of imidazole rings is 1. The number of nitrogens with zero attached hydrogens (tertiary/aromatic N) is 4. The number of fused-ring (bicyclic) bond motifs is 1. The Bertz CT molecular complexity index is 1110. The number of rotatable bonds is 6. The van der Waals surface area contributed by atoms with Crippen LogP contribution in [0.5, 0.6) is 5.75 Å². The minimum atomic E-state index is -5.20. The van der Waals surface area contributed by atoms with Gasteiger partial charge in [0.25, 0.3) is 0 Å². The van der Waals surface area contributed by atoms with E-state index >= 15 is 0 Å². The summed E-state index contributed by atoms with van der Waals surface area (Å²) in [5.74, 6) is -0.309. The lowest BCUT2D eigenvalue weighted by atomic mass is 9.81. The van der Waals surface area contributed by atoms with E-state index in [1.807, 2.05) is 0 Å². The molecule has 0 radical (unpaired) electrons. The number of hydrogen-bond acceptors (Lipinski definition) is 6. The normalized spacial score (nSPS) is 19.1. The first-order valence-electron chi connectivity index (χ1n) is 9.46. The van der Waals surface area contributed by atoms with E-state index < -0.39 is 23.9 Å². The molecule has 13 heteroatoms. The van der Waals surface area contributed by atoms with Crippen LogP contribution in [0.2, 0.25) is 0 Å². The highest BCUT2D eigenvalue weighted by Crippen LogP contribution is 2.40. The maximum Gasteiger partial charge on any atom is 0.573 e. The van der Waals surface area contributed by atoms with Gasteiger partial charge in [0.15, 0.2) is 0 Å². The zero-order valence-corrected chi connectivity index (χ0v) is 16.5. The highest BCUT2D eigenvalue weighted by Gasteiger charge is 2.36. The van der Waals surface area contributed by atoms with Gasteiger partial charge >= 0.3 is 12.5 Å². The van der Waals surface area contributed by atoms with Crippen LogP contribution in [-0.2, 0) is 10.9 Å². The molecule has 1 aliphatic carbocycles. The zero-order valence-electron chi connectivity index (χ0n) is 16.5. The lowest BCUT2D eigenvalue weighted by Gasteiger charge is -2.35. The molecule has 2 aromatic heterocycles. The number of aromatic nitrogens is 4. The SMILES string of the molecule is COCC1CC(Nc2nnc(-c3ccc(C(F)(F)F)cc3OC(F)(F)F)c3cncn23)C1. The summed E-state index contributed by atoms with van der Waals surface area (Å²) in [6.07, 6.45) is -5.65. The van der Waals surface area contributed by atoms with Gasteiger partial charge in [-0.15, -0.1) is 23.4 Å². The molecule has 0 unspecified atom stereocenters. The monoisotopic (exact) mass is 461 g/mol. The lowest BCUT2D eigenvalue weighted by Crippen LogP contribution is -2.38. The number of anilines is 1. The van der Waals surface area contributed by atoms with Crippen molar-refractivity contribution < 1.29 is 35.8 Å². The molecule has 1 aliphatic rings. The summed E-state index contributed by atoms with van der Waals surface area (Å²) >= 11 is 0. The molecule has 3 aromatic rings. The fraction of sp³-hybridized carbons (Fsp3) is 0.421. The van der Waals surface area contributed by atoms with E-state index in [9.17, 15) is 26.3 Å². The molecular weight excluding hydrogens is 444 g/mol. The van der Waals surface area contributed by atoms with Gasteiger partial charge in [-0.25, -0.2) is 4.98 Å². The molecule has 1 saturated carbocycles. The zero-order chi connectivity index (χ0) is 23.1. The number of hydrogen-bond donors (Lipinski definition) is 1. The van der Waals surface area contributed by atoms with Gasteiger partial charge in [-0.2, -0.15) is 13.2 Å². The minimum absolute atomic E-state index is 0.105. The standard InChI is InChI=1S/C19H17F6N5O2/c1-31-8-10-4-12(5-10)27-17-29-28-16(14-7-26-9-30(14)17)13-3-2-11(18(20,21)22)6-15(13)32-19(23,24)25/h2-3,6-7,9-10,12H,4-5,8H2,1H3,(H,27,29). The third-order valence-corrected chi connectivity index (χ3v) is 5.12. The van der Waals surface area contributed by atoms with E-state index in [0.717, 1.165) is 18.9 Å². The molecule has 1 fully saturated rings. The Balaban J connectivity index is 1.70. The molecule has 0 aliphatic heterocycles. The van der Waals surface area contributed by atoms with Crippen molar-refractivity contribution in [1.82, 2.24) is 19.6 Å². The van der Waals surface area contributed by atoms with E-state index in [4.69, 9.17) is 4.74 Å². The van der Waals surface area contributed by atoms with Crippen LogP contribution in [0.4, 0.5) is 32.3 Å². The van der Waals surface area contributed by atoms with Gasteiger partial charge in [0.2, 0.25) is 5.95 Å². The summed E-state index contributed by atoms with van der Waals surface area (Å²) in [5.41, 5.74) is -1.44. The Kier molecular flexibility index (Phi) is 5.61.